The molecule has 1 aliphatic rings. The second kappa shape index (κ2) is 6.99. The highest BCUT2D eigenvalue weighted by Crippen LogP contribution is 2.18. The lowest BCUT2D eigenvalue weighted by atomic mass is 9.96. The summed E-state index contributed by atoms with van der Waals surface area (Å²) in [6.45, 7) is 0.470. The molecule has 0 spiro atoms. The van der Waals surface area contributed by atoms with Gasteiger partial charge in [0.15, 0.2) is 0 Å². The maximum atomic E-state index is 12.2. The Labute approximate surface area is 151 Å². The molecule has 4 rings (SSSR count). The molecule has 2 N–H and O–H groups in total. The number of benzene rings is 1. The molecule has 1 aliphatic carbocycles. The zero-order chi connectivity index (χ0) is 17.9. The number of aromatic nitrogens is 5. The van der Waals surface area contributed by atoms with Crippen LogP contribution in [0.2, 0.25) is 0 Å². The molecule has 1 atom stereocenters. The van der Waals surface area contributed by atoms with E-state index in [-0.39, 0.29) is 12.1 Å². The van der Waals surface area contributed by atoms with Crippen LogP contribution in [0.15, 0.2) is 43.0 Å². The van der Waals surface area contributed by atoms with E-state index in [0.717, 1.165) is 36.2 Å². The maximum absolute atomic E-state index is 12.2. The molecule has 0 radical (unpaired) electrons. The topological polar surface area (TPSA) is 89.7 Å². The van der Waals surface area contributed by atoms with Crippen LogP contribution in [0.1, 0.15) is 23.4 Å². The summed E-state index contributed by atoms with van der Waals surface area (Å²) in [6, 6.07) is 7.95. The predicted octanol–water partition coefficient (Wildman–Crippen LogP) is 1.36. The summed E-state index contributed by atoms with van der Waals surface area (Å²) in [5, 5.41) is 14.2. The van der Waals surface area contributed by atoms with E-state index >= 15 is 0 Å². The first kappa shape index (κ1) is 16.3. The van der Waals surface area contributed by atoms with Crippen molar-refractivity contribution in [2.45, 2.75) is 31.8 Å². The molecule has 26 heavy (non-hydrogen) atoms. The molecule has 134 valence electrons. The molecule has 3 aromatic rings. The van der Waals surface area contributed by atoms with Crippen LogP contribution in [0.25, 0.3) is 5.69 Å². The number of aryl methyl sites for hydroxylation is 1. The van der Waals surface area contributed by atoms with E-state index < -0.39 is 0 Å². The zero-order valence-corrected chi connectivity index (χ0v) is 14.6. The van der Waals surface area contributed by atoms with Crippen LogP contribution in [-0.4, -0.2) is 36.6 Å². The molecular formula is C18H21N7O. The van der Waals surface area contributed by atoms with Crippen LogP contribution in [0, 0.1) is 0 Å². The lowest BCUT2D eigenvalue weighted by Crippen LogP contribution is -2.44. The summed E-state index contributed by atoms with van der Waals surface area (Å²) in [7, 11) is 1.91. The lowest BCUT2D eigenvalue weighted by Gasteiger charge is -2.22. The summed E-state index contributed by atoms with van der Waals surface area (Å²) in [4.78, 5) is 16.3. The average molecular weight is 351 g/mol. The Morgan fingerprint density at radius 2 is 2.31 bits per heavy atom. The van der Waals surface area contributed by atoms with E-state index in [4.69, 9.17) is 0 Å². The number of rotatable bonds is 4. The van der Waals surface area contributed by atoms with Gasteiger partial charge in [0.05, 0.1) is 17.7 Å². The Bertz CT molecular complexity index is 900. The van der Waals surface area contributed by atoms with E-state index in [1.165, 1.54) is 5.69 Å². The Balaban J connectivity index is 1.31. The van der Waals surface area contributed by atoms with Crippen LogP contribution in [0.5, 0.6) is 0 Å². The summed E-state index contributed by atoms with van der Waals surface area (Å²) in [5.74, 6) is 0. The number of amides is 2. The Kier molecular flexibility index (Phi) is 4.39. The molecule has 0 bridgehead atoms. The van der Waals surface area contributed by atoms with Gasteiger partial charge >= 0.3 is 6.03 Å². The molecule has 0 fully saturated rings. The van der Waals surface area contributed by atoms with E-state index in [1.54, 1.807) is 12.5 Å². The summed E-state index contributed by atoms with van der Waals surface area (Å²) >= 11 is 0. The van der Waals surface area contributed by atoms with E-state index in [0.29, 0.717) is 6.54 Å². The van der Waals surface area contributed by atoms with Gasteiger partial charge in [-0.2, -0.15) is 0 Å². The number of urea groups is 1. The number of hydrogen-bond donors (Lipinski definition) is 2. The van der Waals surface area contributed by atoms with Crippen LogP contribution in [0.3, 0.4) is 0 Å². The van der Waals surface area contributed by atoms with E-state index in [1.807, 2.05) is 46.8 Å². The summed E-state index contributed by atoms with van der Waals surface area (Å²) < 4.78 is 3.75. The third kappa shape index (κ3) is 3.44. The molecule has 1 unspecified atom stereocenters. The van der Waals surface area contributed by atoms with Gasteiger partial charge in [0, 0.05) is 44.1 Å². The van der Waals surface area contributed by atoms with Crippen LogP contribution in [-0.2, 0) is 26.4 Å². The normalized spacial score (nSPS) is 16.1. The van der Waals surface area contributed by atoms with Gasteiger partial charge in [-0.3, -0.25) is 4.68 Å². The molecule has 8 nitrogen and oxygen atoms in total. The van der Waals surface area contributed by atoms with Crippen molar-refractivity contribution in [2.24, 2.45) is 7.05 Å². The van der Waals surface area contributed by atoms with Crippen molar-refractivity contribution < 1.29 is 4.79 Å². The van der Waals surface area contributed by atoms with Crippen molar-refractivity contribution >= 4 is 6.03 Å². The van der Waals surface area contributed by atoms with Crippen LogP contribution < -0.4 is 10.6 Å². The van der Waals surface area contributed by atoms with Crippen molar-refractivity contribution in [3.8, 4) is 5.69 Å². The molecular weight excluding hydrogens is 330 g/mol. The standard InChI is InChI=1S/C18H21N7O/c1-24-17-6-5-14(10-16(17)22-23-24)21-18(26)20-11-13-3-2-4-15(9-13)25-8-7-19-12-25/h2-4,7-9,12,14H,5-6,10-11H2,1H3,(H2,20,21,26). The molecule has 0 saturated heterocycles. The Morgan fingerprint density at radius 3 is 3.15 bits per heavy atom. The second-order valence-electron chi connectivity index (χ2n) is 6.51. The molecule has 2 amide bonds. The predicted molar refractivity (Wildman–Crippen MR) is 95.8 cm³/mol. The van der Waals surface area contributed by atoms with Gasteiger partial charge in [0.2, 0.25) is 0 Å². The number of nitrogens with one attached hydrogen (secondary N) is 2. The minimum absolute atomic E-state index is 0.0940. The minimum Gasteiger partial charge on any atom is -0.335 e. The van der Waals surface area contributed by atoms with Crippen molar-refractivity contribution in [1.82, 2.24) is 35.2 Å². The zero-order valence-electron chi connectivity index (χ0n) is 14.6. The smallest absolute Gasteiger partial charge is 0.315 e. The van der Waals surface area contributed by atoms with Gasteiger partial charge in [0.25, 0.3) is 0 Å². The first-order valence-electron chi connectivity index (χ1n) is 8.68. The second-order valence-corrected chi connectivity index (χ2v) is 6.51. The van der Waals surface area contributed by atoms with Gasteiger partial charge in [-0.15, -0.1) is 5.10 Å². The first-order chi connectivity index (χ1) is 12.7. The fourth-order valence-corrected chi connectivity index (χ4v) is 3.31. The summed E-state index contributed by atoms with van der Waals surface area (Å²) in [6.07, 6.45) is 7.90. The Morgan fingerprint density at radius 1 is 1.38 bits per heavy atom. The van der Waals surface area contributed by atoms with Crippen LogP contribution >= 0.6 is 0 Å². The fraction of sp³-hybridized carbons (Fsp3) is 0.333. The van der Waals surface area contributed by atoms with Crippen LogP contribution in [0.4, 0.5) is 4.79 Å². The van der Waals surface area contributed by atoms with Gasteiger partial charge in [-0.1, -0.05) is 17.3 Å². The number of fused-ring (bicyclic) bond motifs is 1. The molecule has 0 aliphatic heterocycles. The van der Waals surface area contributed by atoms with Crippen molar-refractivity contribution in [2.75, 3.05) is 0 Å². The number of hydrogen-bond acceptors (Lipinski definition) is 4. The number of imidazole rings is 1. The van der Waals surface area contributed by atoms with Crippen molar-refractivity contribution in [3.63, 3.8) is 0 Å². The average Bonchev–Trinajstić information content (AvgIpc) is 3.31. The number of carbonyl (C=O) groups is 1. The SMILES string of the molecule is Cn1nnc2c1CCC(NC(=O)NCc1cccc(-n3ccnc3)c1)C2. The lowest BCUT2D eigenvalue weighted by molar-refractivity contribution is 0.235. The number of nitrogens with zero attached hydrogens (tertiary/aromatic N) is 5. The highest BCUT2D eigenvalue weighted by Gasteiger charge is 2.24. The first-order valence-corrected chi connectivity index (χ1v) is 8.68. The summed E-state index contributed by atoms with van der Waals surface area (Å²) in [5.41, 5.74) is 4.20. The highest BCUT2D eigenvalue weighted by molar-refractivity contribution is 5.74. The minimum atomic E-state index is -0.157. The van der Waals surface area contributed by atoms with E-state index in [9.17, 15) is 4.79 Å². The molecule has 1 aromatic carbocycles. The number of carbonyl (C=O) groups excluding carboxylic acids is 1. The molecule has 2 aromatic heterocycles. The van der Waals surface area contributed by atoms with Gasteiger partial charge < -0.3 is 15.2 Å². The monoisotopic (exact) mass is 351 g/mol. The largest absolute Gasteiger partial charge is 0.335 e. The fourth-order valence-electron chi connectivity index (χ4n) is 3.31. The maximum Gasteiger partial charge on any atom is 0.315 e. The Hall–Kier alpha value is -3.16. The third-order valence-electron chi connectivity index (χ3n) is 4.69. The van der Waals surface area contributed by atoms with Crippen molar-refractivity contribution in [3.05, 3.63) is 59.9 Å². The van der Waals surface area contributed by atoms with Gasteiger partial charge in [-0.05, 0) is 30.5 Å². The van der Waals surface area contributed by atoms with Gasteiger partial charge in [0.1, 0.15) is 0 Å². The van der Waals surface area contributed by atoms with Crippen molar-refractivity contribution in [1.29, 1.82) is 0 Å². The van der Waals surface area contributed by atoms with Gasteiger partial charge in [-0.25, -0.2) is 9.78 Å². The quantitative estimate of drug-likeness (QED) is 0.743. The molecule has 8 heteroatoms. The molecule has 0 saturated carbocycles. The molecule has 2 heterocycles. The highest BCUT2D eigenvalue weighted by atomic mass is 16.2. The van der Waals surface area contributed by atoms with E-state index in [2.05, 4.69) is 25.9 Å². The third-order valence-corrected chi connectivity index (χ3v) is 4.69.